The summed E-state index contributed by atoms with van der Waals surface area (Å²) in [7, 11) is 0. The Morgan fingerprint density at radius 3 is 2.43 bits per heavy atom. The predicted octanol–water partition coefficient (Wildman–Crippen LogP) is 6.65. The van der Waals surface area contributed by atoms with E-state index in [4.69, 9.17) is 4.74 Å². The number of rotatable bonds is 11. The van der Waals surface area contributed by atoms with Gasteiger partial charge in [0.25, 0.3) is 5.91 Å². The fraction of sp³-hybridized carbons (Fsp3) is 0.273. The molecule has 4 aromatic rings. The van der Waals surface area contributed by atoms with Gasteiger partial charge in [-0.1, -0.05) is 67.8 Å². The third-order valence-corrected chi connectivity index (χ3v) is 8.28. The number of hydrogen-bond acceptors (Lipinski definition) is 6. The number of carbonyl (C=O) groups is 3. The lowest BCUT2D eigenvalue weighted by atomic mass is 9.88. The molecule has 0 radical (unpaired) electrons. The third kappa shape index (κ3) is 7.82. The fourth-order valence-electron chi connectivity index (χ4n) is 5.03. The van der Waals surface area contributed by atoms with Crippen LogP contribution in [0, 0.1) is 5.92 Å². The molecule has 1 aliphatic rings. The molecule has 0 saturated heterocycles. The van der Waals surface area contributed by atoms with E-state index >= 15 is 0 Å². The van der Waals surface area contributed by atoms with Gasteiger partial charge < -0.3 is 20.5 Å². The summed E-state index contributed by atoms with van der Waals surface area (Å²) in [6, 6.07) is 23.4. The van der Waals surface area contributed by atoms with Gasteiger partial charge in [-0.15, -0.1) is 11.3 Å². The highest BCUT2D eigenvalue weighted by Gasteiger charge is 2.26. The highest BCUT2D eigenvalue weighted by Crippen LogP contribution is 2.28. The number of carboxylic acids is 1. The zero-order chi connectivity index (χ0) is 29.3. The third-order valence-electron chi connectivity index (χ3n) is 7.32. The zero-order valence-electron chi connectivity index (χ0n) is 23.1. The van der Waals surface area contributed by atoms with E-state index in [1.807, 2.05) is 54.6 Å². The molecule has 3 aromatic carbocycles. The molecule has 1 atom stereocenters. The second-order valence-electron chi connectivity index (χ2n) is 10.4. The van der Waals surface area contributed by atoms with Gasteiger partial charge in [-0.05, 0) is 60.7 Å². The normalized spacial score (nSPS) is 14.1. The van der Waals surface area contributed by atoms with Crippen molar-refractivity contribution in [2.45, 2.75) is 51.2 Å². The molecule has 0 bridgehead atoms. The van der Waals surface area contributed by atoms with Crippen LogP contribution in [-0.2, 0) is 17.8 Å². The van der Waals surface area contributed by atoms with Crippen molar-refractivity contribution in [1.82, 2.24) is 10.3 Å². The number of amides is 2. The Kier molecular flexibility index (Phi) is 9.61. The van der Waals surface area contributed by atoms with E-state index in [0.717, 1.165) is 49.0 Å². The molecule has 5 rings (SSSR count). The molecule has 8 nitrogen and oxygen atoms in total. The van der Waals surface area contributed by atoms with Gasteiger partial charge in [0.05, 0.1) is 11.6 Å². The summed E-state index contributed by atoms with van der Waals surface area (Å²) in [5, 5.41) is 17.5. The molecule has 1 fully saturated rings. The number of carbonyl (C=O) groups excluding carboxylic acids is 2. The number of aromatic carboxylic acids is 1. The van der Waals surface area contributed by atoms with Crippen molar-refractivity contribution in [1.29, 1.82) is 0 Å². The van der Waals surface area contributed by atoms with E-state index < -0.39 is 17.9 Å². The quantitative estimate of drug-likeness (QED) is 0.182. The summed E-state index contributed by atoms with van der Waals surface area (Å²) in [6.07, 6.45) is 5.54. The van der Waals surface area contributed by atoms with Crippen LogP contribution in [-0.4, -0.2) is 27.9 Å². The van der Waals surface area contributed by atoms with Crippen LogP contribution in [0.3, 0.4) is 0 Å². The highest BCUT2D eigenvalue weighted by atomic mass is 32.1. The number of anilines is 1. The molecule has 2 amide bonds. The molecule has 1 saturated carbocycles. The lowest BCUT2D eigenvalue weighted by Gasteiger charge is -2.24. The molecular weight excluding hydrogens is 550 g/mol. The van der Waals surface area contributed by atoms with Gasteiger partial charge in [0.1, 0.15) is 23.1 Å². The minimum atomic E-state index is -1.07. The molecule has 9 heteroatoms. The average molecular weight is 584 g/mol. The number of benzene rings is 3. The first-order valence-corrected chi connectivity index (χ1v) is 15.0. The van der Waals surface area contributed by atoms with Crippen LogP contribution in [0.1, 0.15) is 75.1 Å². The van der Waals surface area contributed by atoms with Crippen LogP contribution in [0.4, 0.5) is 5.69 Å². The smallest absolute Gasteiger partial charge is 0.335 e. The largest absolute Gasteiger partial charge is 0.489 e. The number of nitrogens with zero attached hydrogens (tertiary/aromatic N) is 1. The maximum Gasteiger partial charge on any atom is 0.335 e. The summed E-state index contributed by atoms with van der Waals surface area (Å²) < 4.78 is 5.92. The van der Waals surface area contributed by atoms with E-state index in [9.17, 15) is 19.5 Å². The zero-order valence-corrected chi connectivity index (χ0v) is 23.9. The monoisotopic (exact) mass is 583 g/mol. The Bertz CT molecular complexity index is 1510. The number of thiazole rings is 1. The summed E-state index contributed by atoms with van der Waals surface area (Å²) in [5.74, 6) is -0.759. The van der Waals surface area contributed by atoms with Crippen LogP contribution in [0.25, 0.3) is 0 Å². The molecule has 0 spiro atoms. The number of hydrogen-bond donors (Lipinski definition) is 3. The minimum Gasteiger partial charge on any atom is -0.489 e. The van der Waals surface area contributed by atoms with Crippen molar-refractivity contribution in [3.8, 4) is 5.75 Å². The van der Waals surface area contributed by atoms with Crippen molar-refractivity contribution in [2.24, 2.45) is 5.92 Å². The standard InChI is InChI=1S/C33H33N3O5S/c37-30(24-10-5-2-6-11-24)35-28(18-22-14-16-27(17-15-22)41-20-23-8-3-1-4-9-23)32-36-29(21-42-32)31(38)34-26-13-7-12-25(19-26)33(39)40/h1,3-4,7-9,12-17,19,21,24,28H,2,5-6,10-11,18,20H2,(H,34,38)(H,35,37)(H,39,40)/t28-/m0/s1. The Hall–Kier alpha value is -4.50. The maximum atomic E-state index is 13.2. The molecule has 1 heterocycles. The van der Waals surface area contributed by atoms with Gasteiger partial charge in [-0.2, -0.15) is 0 Å². The number of carboxylic acid groups (broad SMARTS) is 1. The summed E-state index contributed by atoms with van der Waals surface area (Å²) in [5.41, 5.74) is 2.74. The van der Waals surface area contributed by atoms with E-state index in [0.29, 0.717) is 23.7 Å². The molecule has 3 N–H and O–H groups in total. The predicted molar refractivity (Wildman–Crippen MR) is 162 cm³/mol. The summed E-state index contributed by atoms with van der Waals surface area (Å²) in [6.45, 7) is 0.477. The van der Waals surface area contributed by atoms with Crippen LogP contribution in [0.2, 0.25) is 0 Å². The molecule has 0 aliphatic heterocycles. The summed E-state index contributed by atoms with van der Waals surface area (Å²) in [4.78, 5) is 42.1. The van der Waals surface area contributed by atoms with Crippen LogP contribution < -0.4 is 15.4 Å². The van der Waals surface area contributed by atoms with Crippen LogP contribution >= 0.6 is 11.3 Å². The number of nitrogens with one attached hydrogen (secondary N) is 2. The Morgan fingerprint density at radius 1 is 0.929 bits per heavy atom. The second-order valence-corrected chi connectivity index (χ2v) is 11.3. The van der Waals surface area contributed by atoms with Gasteiger partial charge >= 0.3 is 5.97 Å². The SMILES string of the molecule is O=C(O)c1cccc(NC(=O)c2csc([C@H](Cc3ccc(OCc4ccccc4)cc3)NC(=O)C3CCCCC3)n2)c1. The second kappa shape index (κ2) is 13.9. The van der Waals surface area contributed by atoms with Gasteiger partial charge in [-0.25, -0.2) is 9.78 Å². The first-order chi connectivity index (χ1) is 20.4. The van der Waals surface area contributed by atoms with Crippen LogP contribution in [0.5, 0.6) is 5.75 Å². The molecule has 42 heavy (non-hydrogen) atoms. The molecule has 216 valence electrons. The van der Waals surface area contributed by atoms with Crippen molar-refractivity contribution >= 4 is 34.8 Å². The lowest BCUT2D eigenvalue weighted by molar-refractivity contribution is -0.126. The average Bonchev–Trinajstić information content (AvgIpc) is 3.52. The molecular formula is C33H33N3O5S. The van der Waals surface area contributed by atoms with Gasteiger partial charge in [-0.3, -0.25) is 9.59 Å². The van der Waals surface area contributed by atoms with Crippen molar-refractivity contribution in [2.75, 3.05) is 5.32 Å². The van der Waals surface area contributed by atoms with Gasteiger partial charge in [0.15, 0.2) is 0 Å². The maximum absolute atomic E-state index is 13.2. The Balaban J connectivity index is 1.29. The van der Waals surface area contributed by atoms with Gasteiger partial charge in [0.2, 0.25) is 5.91 Å². The first-order valence-electron chi connectivity index (χ1n) is 14.1. The Morgan fingerprint density at radius 2 is 1.69 bits per heavy atom. The molecule has 0 unspecified atom stereocenters. The van der Waals surface area contributed by atoms with Crippen LogP contribution in [0.15, 0.2) is 84.2 Å². The molecule has 1 aliphatic carbocycles. The van der Waals surface area contributed by atoms with Crippen molar-refractivity contribution in [3.05, 3.63) is 112 Å². The molecule has 1 aromatic heterocycles. The highest BCUT2D eigenvalue weighted by molar-refractivity contribution is 7.10. The lowest BCUT2D eigenvalue weighted by Crippen LogP contribution is -2.36. The van der Waals surface area contributed by atoms with E-state index in [2.05, 4.69) is 15.6 Å². The van der Waals surface area contributed by atoms with Crippen molar-refractivity contribution < 1.29 is 24.2 Å². The number of aromatic nitrogens is 1. The first kappa shape index (κ1) is 29.0. The number of ether oxygens (including phenoxy) is 1. The Labute approximate surface area is 248 Å². The van der Waals surface area contributed by atoms with E-state index in [-0.39, 0.29) is 23.1 Å². The summed E-state index contributed by atoms with van der Waals surface area (Å²) >= 11 is 1.32. The van der Waals surface area contributed by atoms with E-state index in [1.54, 1.807) is 17.5 Å². The fourth-order valence-corrected chi connectivity index (χ4v) is 5.88. The minimum absolute atomic E-state index is 0.0146. The van der Waals surface area contributed by atoms with E-state index in [1.165, 1.54) is 23.5 Å². The van der Waals surface area contributed by atoms with Gasteiger partial charge in [0, 0.05) is 17.0 Å². The topological polar surface area (TPSA) is 118 Å². The van der Waals surface area contributed by atoms with Crippen molar-refractivity contribution in [3.63, 3.8) is 0 Å².